The molecule has 2 aromatic rings. The van der Waals surface area contributed by atoms with E-state index >= 15 is 0 Å². The van der Waals surface area contributed by atoms with E-state index in [4.69, 9.17) is 4.74 Å². The van der Waals surface area contributed by atoms with Gasteiger partial charge in [-0.25, -0.2) is 9.78 Å². The second kappa shape index (κ2) is 6.67. The average Bonchev–Trinajstić information content (AvgIpc) is 2.86. The van der Waals surface area contributed by atoms with Gasteiger partial charge < -0.3 is 9.64 Å². The maximum absolute atomic E-state index is 11.7. The van der Waals surface area contributed by atoms with Gasteiger partial charge >= 0.3 is 5.97 Å². The molecule has 2 rings (SSSR count). The number of anilines is 1. The van der Waals surface area contributed by atoms with E-state index in [1.165, 1.54) is 18.4 Å². The molecule has 112 valence electrons. The zero-order valence-corrected chi connectivity index (χ0v) is 13.5. The topological polar surface area (TPSA) is 55.3 Å². The maximum Gasteiger partial charge on any atom is 0.350 e. The number of carbonyl (C=O) groups is 1. The summed E-state index contributed by atoms with van der Waals surface area (Å²) in [6.45, 7) is 7.33. The fraction of sp³-hybridized carbons (Fsp3) is 0.400. The first kappa shape index (κ1) is 15.4. The number of thiazole rings is 1. The van der Waals surface area contributed by atoms with Crippen LogP contribution in [-0.4, -0.2) is 29.6 Å². The van der Waals surface area contributed by atoms with Crippen LogP contribution in [0.25, 0.3) is 0 Å². The molecular weight excluding hydrogens is 286 g/mol. The smallest absolute Gasteiger partial charge is 0.350 e. The summed E-state index contributed by atoms with van der Waals surface area (Å²) in [5, 5.41) is 0.818. The lowest BCUT2D eigenvalue weighted by molar-refractivity contribution is 0.0605. The maximum atomic E-state index is 11.7. The predicted octanol–water partition coefficient (Wildman–Crippen LogP) is 2.97. The van der Waals surface area contributed by atoms with Crippen molar-refractivity contribution in [1.82, 2.24) is 9.97 Å². The first-order valence-corrected chi connectivity index (χ1v) is 7.60. The Balaban J connectivity index is 2.23. The Bertz CT molecular complexity index is 640. The van der Waals surface area contributed by atoms with Crippen molar-refractivity contribution in [2.75, 3.05) is 18.6 Å². The first-order chi connectivity index (χ1) is 10.0. The van der Waals surface area contributed by atoms with Gasteiger partial charge in [0.15, 0.2) is 5.13 Å². The fourth-order valence-corrected chi connectivity index (χ4v) is 3.05. The Morgan fingerprint density at radius 3 is 2.71 bits per heavy atom. The van der Waals surface area contributed by atoms with Gasteiger partial charge in [0.05, 0.1) is 25.0 Å². The van der Waals surface area contributed by atoms with E-state index < -0.39 is 0 Å². The van der Waals surface area contributed by atoms with Crippen molar-refractivity contribution >= 4 is 22.4 Å². The summed E-state index contributed by atoms with van der Waals surface area (Å²) in [5.41, 5.74) is 2.69. The Hall–Kier alpha value is -1.95. The molecule has 0 aliphatic heterocycles. The van der Waals surface area contributed by atoms with Gasteiger partial charge in [0.2, 0.25) is 0 Å². The van der Waals surface area contributed by atoms with E-state index in [1.807, 2.05) is 32.0 Å². The summed E-state index contributed by atoms with van der Waals surface area (Å²) >= 11 is 1.36. The minimum Gasteiger partial charge on any atom is -0.465 e. The van der Waals surface area contributed by atoms with Crippen molar-refractivity contribution in [2.45, 2.75) is 27.3 Å². The number of hydrogen-bond donors (Lipinski definition) is 0. The number of ether oxygens (including phenoxy) is 1. The number of esters is 1. The number of rotatable bonds is 5. The molecule has 0 aliphatic carbocycles. The highest BCUT2D eigenvalue weighted by atomic mass is 32.1. The van der Waals surface area contributed by atoms with Crippen LogP contribution < -0.4 is 4.90 Å². The summed E-state index contributed by atoms with van der Waals surface area (Å²) in [5.74, 6) is -0.332. The minimum atomic E-state index is -0.332. The standard InChI is InChI=1S/C15H19N3O2S/c1-5-18(9-12-8-6-7-10(2)16-12)15-17-11(3)13(21-15)14(19)20-4/h6-8H,5,9H2,1-4H3. The van der Waals surface area contributed by atoms with Crippen molar-refractivity contribution in [3.8, 4) is 0 Å². The number of pyridine rings is 1. The lowest BCUT2D eigenvalue weighted by Crippen LogP contribution is -2.22. The van der Waals surface area contributed by atoms with Crippen LogP contribution in [0.2, 0.25) is 0 Å². The SMILES string of the molecule is CCN(Cc1cccc(C)n1)c1nc(C)c(C(=O)OC)s1. The van der Waals surface area contributed by atoms with Gasteiger partial charge in [0, 0.05) is 12.2 Å². The van der Waals surface area contributed by atoms with Crippen LogP contribution in [-0.2, 0) is 11.3 Å². The molecule has 0 amide bonds. The van der Waals surface area contributed by atoms with Gasteiger partial charge in [0.25, 0.3) is 0 Å². The van der Waals surface area contributed by atoms with Crippen LogP contribution in [0.15, 0.2) is 18.2 Å². The highest BCUT2D eigenvalue weighted by Crippen LogP contribution is 2.27. The van der Waals surface area contributed by atoms with Crippen molar-refractivity contribution in [1.29, 1.82) is 0 Å². The van der Waals surface area contributed by atoms with E-state index in [-0.39, 0.29) is 5.97 Å². The lowest BCUT2D eigenvalue weighted by atomic mass is 10.3. The molecule has 0 bridgehead atoms. The number of methoxy groups -OCH3 is 1. The molecule has 2 heterocycles. The third-order valence-electron chi connectivity index (χ3n) is 3.11. The van der Waals surface area contributed by atoms with Crippen LogP contribution in [0.5, 0.6) is 0 Å². The monoisotopic (exact) mass is 305 g/mol. The van der Waals surface area contributed by atoms with Gasteiger partial charge in [-0.15, -0.1) is 0 Å². The summed E-state index contributed by atoms with van der Waals surface area (Å²) in [6.07, 6.45) is 0. The molecule has 0 atom stereocenters. The molecule has 6 heteroatoms. The molecule has 21 heavy (non-hydrogen) atoms. The van der Waals surface area contributed by atoms with Gasteiger partial charge in [-0.3, -0.25) is 4.98 Å². The highest BCUT2D eigenvalue weighted by molar-refractivity contribution is 7.17. The van der Waals surface area contributed by atoms with E-state index in [2.05, 4.69) is 21.8 Å². The molecule has 0 N–H and O–H groups in total. The average molecular weight is 305 g/mol. The summed E-state index contributed by atoms with van der Waals surface area (Å²) in [6, 6.07) is 5.97. The molecule has 2 aromatic heterocycles. The zero-order chi connectivity index (χ0) is 15.4. The van der Waals surface area contributed by atoms with Crippen molar-refractivity contribution in [3.63, 3.8) is 0 Å². The van der Waals surface area contributed by atoms with Crippen molar-refractivity contribution in [3.05, 3.63) is 40.2 Å². The predicted molar refractivity (Wildman–Crippen MR) is 83.9 cm³/mol. The molecule has 0 spiro atoms. The quantitative estimate of drug-likeness (QED) is 0.795. The number of carbonyl (C=O) groups excluding carboxylic acids is 1. The Labute approximate surface area is 128 Å². The molecule has 0 radical (unpaired) electrons. The second-order valence-corrected chi connectivity index (χ2v) is 5.66. The van der Waals surface area contributed by atoms with Crippen molar-refractivity contribution in [2.24, 2.45) is 0 Å². The largest absolute Gasteiger partial charge is 0.465 e. The Kier molecular flexibility index (Phi) is 4.90. The summed E-state index contributed by atoms with van der Waals surface area (Å²) in [7, 11) is 1.38. The van der Waals surface area contributed by atoms with E-state index in [0.29, 0.717) is 17.1 Å². The molecule has 0 unspecified atom stereocenters. The normalized spacial score (nSPS) is 10.5. The van der Waals surface area contributed by atoms with Crippen LogP contribution >= 0.6 is 11.3 Å². The molecule has 0 aromatic carbocycles. The fourth-order valence-electron chi connectivity index (χ4n) is 2.00. The summed E-state index contributed by atoms with van der Waals surface area (Å²) in [4.78, 5) is 23.3. The van der Waals surface area contributed by atoms with E-state index in [0.717, 1.165) is 23.1 Å². The molecule has 0 aliphatic rings. The van der Waals surface area contributed by atoms with Crippen molar-refractivity contribution < 1.29 is 9.53 Å². The van der Waals surface area contributed by atoms with Crippen LogP contribution in [0.4, 0.5) is 5.13 Å². The molecule has 0 fully saturated rings. The van der Waals surface area contributed by atoms with Gasteiger partial charge in [-0.05, 0) is 32.9 Å². The molecule has 0 saturated carbocycles. The third kappa shape index (κ3) is 3.58. The zero-order valence-electron chi connectivity index (χ0n) is 12.7. The summed E-state index contributed by atoms with van der Waals surface area (Å²) < 4.78 is 4.78. The van der Waals surface area contributed by atoms with Gasteiger partial charge in [0.1, 0.15) is 4.88 Å². The number of aryl methyl sites for hydroxylation is 2. The van der Waals surface area contributed by atoms with E-state index in [1.54, 1.807) is 0 Å². The second-order valence-electron chi connectivity index (χ2n) is 4.69. The molecular formula is C15H19N3O2S. The minimum absolute atomic E-state index is 0.332. The molecule has 5 nitrogen and oxygen atoms in total. The molecule has 0 saturated heterocycles. The Morgan fingerprint density at radius 2 is 2.10 bits per heavy atom. The van der Waals surface area contributed by atoms with Crippen LogP contribution in [0.3, 0.4) is 0 Å². The number of aromatic nitrogens is 2. The van der Waals surface area contributed by atoms with E-state index in [9.17, 15) is 4.79 Å². The number of hydrogen-bond acceptors (Lipinski definition) is 6. The lowest BCUT2D eigenvalue weighted by Gasteiger charge is -2.19. The Morgan fingerprint density at radius 1 is 1.33 bits per heavy atom. The van der Waals surface area contributed by atoms with Crippen LogP contribution in [0.1, 0.15) is 33.7 Å². The number of nitrogens with zero attached hydrogens (tertiary/aromatic N) is 3. The van der Waals surface area contributed by atoms with Crippen LogP contribution in [0, 0.1) is 13.8 Å². The highest BCUT2D eigenvalue weighted by Gasteiger charge is 2.19. The third-order valence-corrected chi connectivity index (χ3v) is 4.31. The van der Waals surface area contributed by atoms with Gasteiger partial charge in [-0.1, -0.05) is 17.4 Å². The van der Waals surface area contributed by atoms with Gasteiger partial charge in [-0.2, -0.15) is 0 Å². The first-order valence-electron chi connectivity index (χ1n) is 6.78.